The van der Waals surface area contributed by atoms with Crippen LogP contribution in [0.5, 0.6) is 0 Å². The Balaban J connectivity index is 4.08. The number of carboxylic acids is 1. The summed E-state index contributed by atoms with van der Waals surface area (Å²) in [7, 11) is 0. The SMILES string of the molecule is CCCCC=CN(C=CCCCC)CC(=O)O. The predicted octanol–water partition coefficient (Wildman–Crippen LogP) is 3.78. The fraction of sp³-hybridized carbons (Fsp3) is 0.643. The molecular formula is C14H25NO2. The van der Waals surface area contributed by atoms with E-state index in [2.05, 4.69) is 13.8 Å². The first-order chi connectivity index (χ1) is 8.20. The molecule has 1 N–H and O–H groups in total. The van der Waals surface area contributed by atoms with Crippen molar-refractivity contribution in [2.24, 2.45) is 0 Å². The van der Waals surface area contributed by atoms with Crippen molar-refractivity contribution in [3.8, 4) is 0 Å². The van der Waals surface area contributed by atoms with Gasteiger partial charge in [0.25, 0.3) is 0 Å². The maximum absolute atomic E-state index is 10.7. The van der Waals surface area contributed by atoms with Crippen LogP contribution in [0.1, 0.15) is 52.4 Å². The van der Waals surface area contributed by atoms with E-state index < -0.39 is 5.97 Å². The number of unbranched alkanes of at least 4 members (excludes halogenated alkanes) is 4. The van der Waals surface area contributed by atoms with Crippen LogP contribution in [-0.4, -0.2) is 22.5 Å². The van der Waals surface area contributed by atoms with Gasteiger partial charge in [0.2, 0.25) is 0 Å². The minimum atomic E-state index is -0.801. The van der Waals surface area contributed by atoms with Crippen molar-refractivity contribution in [2.75, 3.05) is 6.54 Å². The van der Waals surface area contributed by atoms with E-state index in [1.807, 2.05) is 24.6 Å². The molecule has 0 radical (unpaired) electrons. The van der Waals surface area contributed by atoms with Gasteiger partial charge in [0.05, 0.1) is 0 Å². The predicted molar refractivity (Wildman–Crippen MR) is 71.7 cm³/mol. The molecule has 0 spiro atoms. The summed E-state index contributed by atoms with van der Waals surface area (Å²) in [6, 6.07) is 0. The van der Waals surface area contributed by atoms with Gasteiger partial charge in [-0.3, -0.25) is 4.79 Å². The van der Waals surface area contributed by atoms with Crippen LogP contribution in [0.2, 0.25) is 0 Å². The molecule has 17 heavy (non-hydrogen) atoms. The Bertz CT molecular complexity index is 229. The Morgan fingerprint density at radius 1 is 1.06 bits per heavy atom. The molecule has 0 bridgehead atoms. The van der Waals surface area contributed by atoms with Crippen LogP contribution in [0, 0.1) is 0 Å². The lowest BCUT2D eigenvalue weighted by Gasteiger charge is -2.12. The standard InChI is InChI=1S/C14H25NO2/c1-3-5-7-9-11-15(13-14(16)17)12-10-8-6-4-2/h9-12H,3-8,13H2,1-2H3,(H,16,17). The summed E-state index contributed by atoms with van der Waals surface area (Å²) >= 11 is 0. The minimum Gasteiger partial charge on any atom is -0.480 e. The van der Waals surface area contributed by atoms with Gasteiger partial charge in [-0.2, -0.15) is 0 Å². The molecule has 0 heterocycles. The largest absolute Gasteiger partial charge is 0.480 e. The second-order valence-electron chi connectivity index (χ2n) is 4.12. The summed E-state index contributed by atoms with van der Waals surface area (Å²) in [5, 5.41) is 8.78. The monoisotopic (exact) mass is 239 g/mol. The van der Waals surface area contributed by atoms with Crippen LogP contribution >= 0.6 is 0 Å². The number of nitrogens with zero attached hydrogens (tertiary/aromatic N) is 1. The van der Waals surface area contributed by atoms with Gasteiger partial charge < -0.3 is 10.0 Å². The average molecular weight is 239 g/mol. The molecule has 0 atom stereocenters. The van der Waals surface area contributed by atoms with Crippen LogP contribution in [0.4, 0.5) is 0 Å². The molecule has 0 aliphatic carbocycles. The first-order valence-corrected chi connectivity index (χ1v) is 6.51. The lowest BCUT2D eigenvalue weighted by molar-refractivity contribution is -0.137. The topological polar surface area (TPSA) is 40.5 Å². The van der Waals surface area contributed by atoms with Gasteiger partial charge in [0, 0.05) is 12.4 Å². The summed E-state index contributed by atoms with van der Waals surface area (Å²) < 4.78 is 0. The molecule has 0 aromatic carbocycles. The molecule has 0 aliphatic heterocycles. The van der Waals surface area contributed by atoms with Crippen molar-refractivity contribution in [2.45, 2.75) is 52.4 Å². The molecule has 0 aliphatic rings. The Hall–Kier alpha value is -1.25. The van der Waals surface area contributed by atoms with Crippen LogP contribution < -0.4 is 0 Å². The van der Waals surface area contributed by atoms with E-state index in [1.165, 1.54) is 0 Å². The lowest BCUT2D eigenvalue weighted by Crippen LogP contribution is -2.19. The van der Waals surface area contributed by atoms with Crippen molar-refractivity contribution in [1.82, 2.24) is 4.90 Å². The van der Waals surface area contributed by atoms with E-state index in [4.69, 9.17) is 5.11 Å². The summed E-state index contributed by atoms with van der Waals surface area (Å²) in [5.41, 5.74) is 0. The Morgan fingerprint density at radius 2 is 1.53 bits per heavy atom. The van der Waals surface area contributed by atoms with E-state index in [1.54, 1.807) is 4.90 Å². The van der Waals surface area contributed by atoms with Crippen molar-refractivity contribution in [3.05, 3.63) is 24.6 Å². The highest BCUT2D eigenvalue weighted by atomic mass is 16.4. The van der Waals surface area contributed by atoms with Crippen LogP contribution in [0.3, 0.4) is 0 Å². The highest BCUT2D eigenvalue weighted by molar-refractivity contribution is 5.69. The van der Waals surface area contributed by atoms with Crippen LogP contribution in [0.25, 0.3) is 0 Å². The van der Waals surface area contributed by atoms with Gasteiger partial charge in [0.15, 0.2) is 0 Å². The summed E-state index contributed by atoms with van der Waals surface area (Å²) in [6.45, 7) is 4.33. The number of rotatable bonds is 10. The third-order valence-corrected chi connectivity index (χ3v) is 2.36. The summed E-state index contributed by atoms with van der Waals surface area (Å²) in [6.07, 6.45) is 14.5. The molecular weight excluding hydrogens is 214 g/mol. The molecule has 0 amide bonds. The molecule has 0 unspecified atom stereocenters. The third-order valence-electron chi connectivity index (χ3n) is 2.36. The van der Waals surface area contributed by atoms with Gasteiger partial charge in [0.1, 0.15) is 6.54 Å². The highest BCUT2D eigenvalue weighted by Gasteiger charge is 2.00. The Morgan fingerprint density at radius 3 is 1.88 bits per heavy atom. The zero-order chi connectivity index (χ0) is 12.9. The molecule has 0 rings (SSSR count). The Labute approximate surface area is 105 Å². The molecule has 0 saturated carbocycles. The summed E-state index contributed by atoms with van der Waals surface area (Å²) in [4.78, 5) is 12.4. The van der Waals surface area contributed by atoms with Crippen LogP contribution in [-0.2, 0) is 4.79 Å². The molecule has 0 saturated heterocycles. The van der Waals surface area contributed by atoms with Gasteiger partial charge in [-0.25, -0.2) is 0 Å². The molecule has 98 valence electrons. The van der Waals surface area contributed by atoms with Crippen molar-refractivity contribution in [1.29, 1.82) is 0 Å². The second-order valence-corrected chi connectivity index (χ2v) is 4.12. The normalized spacial score (nSPS) is 11.4. The molecule has 3 nitrogen and oxygen atoms in total. The second kappa shape index (κ2) is 11.2. The van der Waals surface area contributed by atoms with E-state index >= 15 is 0 Å². The smallest absolute Gasteiger partial charge is 0.323 e. The maximum Gasteiger partial charge on any atom is 0.323 e. The van der Waals surface area contributed by atoms with E-state index in [9.17, 15) is 4.79 Å². The maximum atomic E-state index is 10.7. The van der Waals surface area contributed by atoms with E-state index in [0.717, 1.165) is 38.5 Å². The molecule has 0 aromatic rings. The van der Waals surface area contributed by atoms with Gasteiger partial charge in [-0.1, -0.05) is 51.7 Å². The Kier molecular flexibility index (Phi) is 10.4. The molecule has 0 aromatic heterocycles. The number of hydrogen-bond acceptors (Lipinski definition) is 2. The number of carbonyl (C=O) groups is 1. The molecule has 0 fully saturated rings. The lowest BCUT2D eigenvalue weighted by atomic mass is 10.2. The average Bonchev–Trinajstić information content (AvgIpc) is 2.29. The first-order valence-electron chi connectivity index (χ1n) is 6.51. The third kappa shape index (κ3) is 11.0. The number of carboxylic acid groups (broad SMARTS) is 1. The van der Waals surface area contributed by atoms with Gasteiger partial charge in [-0.15, -0.1) is 0 Å². The van der Waals surface area contributed by atoms with Gasteiger partial charge in [-0.05, 0) is 12.8 Å². The van der Waals surface area contributed by atoms with E-state index in [-0.39, 0.29) is 6.54 Å². The fourth-order valence-electron chi connectivity index (χ4n) is 1.38. The van der Waals surface area contributed by atoms with Crippen LogP contribution in [0.15, 0.2) is 24.6 Å². The highest BCUT2D eigenvalue weighted by Crippen LogP contribution is 2.01. The quantitative estimate of drug-likeness (QED) is 0.590. The minimum absolute atomic E-state index is 0.0330. The zero-order valence-corrected chi connectivity index (χ0v) is 11.1. The zero-order valence-electron chi connectivity index (χ0n) is 11.1. The summed E-state index contributed by atoms with van der Waals surface area (Å²) in [5.74, 6) is -0.801. The number of hydrogen-bond donors (Lipinski definition) is 1. The number of aliphatic carboxylic acids is 1. The molecule has 3 heteroatoms. The fourth-order valence-corrected chi connectivity index (χ4v) is 1.38. The van der Waals surface area contributed by atoms with Crippen molar-refractivity contribution in [3.63, 3.8) is 0 Å². The van der Waals surface area contributed by atoms with Crippen molar-refractivity contribution >= 4 is 5.97 Å². The van der Waals surface area contributed by atoms with Gasteiger partial charge >= 0.3 is 5.97 Å². The first kappa shape index (κ1) is 15.8. The van der Waals surface area contributed by atoms with Crippen molar-refractivity contribution < 1.29 is 9.90 Å². The number of allylic oxidation sites excluding steroid dienone is 2. The van der Waals surface area contributed by atoms with E-state index in [0.29, 0.717) is 0 Å².